The van der Waals surface area contributed by atoms with Gasteiger partial charge in [-0.3, -0.25) is 4.79 Å². The number of hydrogen-bond donors (Lipinski definition) is 1. The van der Waals surface area contributed by atoms with Crippen molar-refractivity contribution in [3.8, 4) is 12.3 Å². The molecule has 0 fully saturated rings. The maximum absolute atomic E-state index is 11.2. The van der Waals surface area contributed by atoms with E-state index in [0.717, 1.165) is 12.8 Å². The van der Waals surface area contributed by atoms with Crippen LogP contribution in [0, 0.1) is 12.3 Å². The summed E-state index contributed by atoms with van der Waals surface area (Å²) in [4.78, 5) is 11.2. The number of amides is 1. The number of hydrogen-bond acceptors (Lipinski definition) is 1. The third kappa shape index (κ3) is 5.98. The Bertz CT molecular complexity index is 203. The second-order valence-electron chi connectivity index (χ2n) is 2.91. The molecule has 1 unspecified atom stereocenters. The first-order valence-corrected chi connectivity index (χ1v) is 4.58. The van der Waals surface area contributed by atoms with Gasteiger partial charge in [0.15, 0.2) is 0 Å². The van der Waals surface area contributed by atoms with Gasteiger partial charge in [0.2, 0.25) is 5.91 Å². The van der Waals surface area contributed by atoms with Gasteiger partial charge in [0.05, 0.1) is 0 Å². The Balaban J connectivity index is 3.73. The number of carbonyl (C=O) groups excluding carboxylic acids is 1. The Morgan fingerprint density at radius 2 is 2.46 bits per heavy atom. The average Bonchev–Trinajstić information content (AvgIpc) is 2.14. The van der Waals surface area contributed by atoms with Gasteiger partial charge in [0, 0.05) is 18.9 Å². The largest absolute Gasteiger partial charge is 0.352 e. The fraction of sp³-hybridized carbons (Fsp3) is 0.545. The van der Waals surface area contributed by atoms with Crippen molar-refractivity contribution < 1.29 is 4.79 Å². The van der Waals surface area contributed by atoms with Gasteiger partial charge in [-0.05, 0) is 12.8 Å². The van der Waals surface area contributed by atoms with E-state index in [1.807, 2.05) is 6.92 Å². The van der Waals surface area contributed by atoms with E-state index in [0.29, 0.717) is 12.8 Å². The molecule has 0 aliphatic carbocycles. The molecule has 2 nitrogen and oxygen atoms in total. The van der Waals surface area contributed by atoms with Crippen LogP contribution in [0.15, 0.2) is 12.7 Å². The molecule has 1 N–H and O–H groups in total. The van der Waals surface area contributed by atoms with E-state index < -0.39 is 0 Å². The van der Waals surface area contributed by atoms with Crippen molar-refractivity contribution >= 4 is 5.91 Å². The molecular formula is C11H17NO. The third-order valence-corrected chi connectivity index (χ3v) is 1.80. The quantitative estimate of drug-likeness (QED) is 0.489. The Morgan fingerprint density at radius 3 is 2.92 bits per heavy atom. The van der Waals surface area contributed by atoms with Crippen LogP contribution in [-0.2, 0) is 4.79 Å². The molecule has 0 radical (unpaired) electrons. The summed E-state index contributed by atoms with van der Waals surface area (Å²) in [5.41, 5.74) is 0. The fourth-order valence-electron chi connectivity index (χ4n) is 0.973. The van der Waals surface area contributed by atoms with Gasteiger partial charge in [-0.2, -0.15) is 0 Å². The highest BCUT2D eigenvalue weighted by Gasteiger charge is 2.07. The Morgan fingerprint density at radius 1 is 1.77 bits per heavy atom. The van der Waals surface area contributed by atoms with E-state index in [4.69, 9.17) is 6.42 Å². The maximum atomic E-state index is 11.2. The molecule has 0 saturated heterocycles. The minimum atomic E-state index is 0.0574. The lowest BCUT2D eigenvalue weighted by atomic mass is 10.1. The van der Waals surface area contributed by atoms with Crippen LogP contribution in [0.5, 0.6) is 0 Å². The zero-order valence-electron chi connectivity index (χ0n) is 8.18. The first kappa shape index (κ1) is 11.8. The van der Waals surface area contributed by atoms with E-state index in [9.17, 15) is 4.79 Å². The van der Waals surface area contributed by atoms with E-state index in [2.05, 4.69) is 17.8 Å². The maximum Gasteiger partial charge on any atom is 0.220 e. The molecule has 0 rings (SSSR count). The van der Waals surface area contributed by atoms with Gasteiger partial charge in [-0.1, -0.05) is 13.0 Å². The van der Waals surface area contributed by atoms with Gasteiger partial charge in [0.1, 0.15) is 0 Å². The molecule has 0 heterocycles. The highest BCUT2D eigenvalue weighted by Crippen LogP contribution is 1.98. The van der Waals surface area contributed by atoms with Crippen molar-refractivity contribution in [2.24, 2.45) is 0 Å². The van der Waals surface area contributed by atoms with Crippen molar-refractivity contribution in [1.82, 2.24) is 5.32 Å². The molecule has 0 saturated carbocycles. The van der Waals surface area contributed by atoms with E-state index in [1.165, 1.54) is 0 Å². The first-order valence-electron chi connectivity index (χ1n) is 4.58. The number of nitrogens with one attached hydrogen (secondary N) is 1. The molecule has 1 amide bonds. The highest BCUT2D eigenvalue weighted by molar-refractivity contribution is 5.76. The van der Waals surface area contributed by atoms with Gasteiger partial charge in [0.25, 0.3) is 0 Å². The molecule has 0 aromatic heterocycles. The Hall–Kier alpha value is -1.23. The molecule has 0 aliphatic rings. The first-order chi connectivity index (χ1) is 6.24. The Kier molecular flexibility index (Phi) is 6.72. The topological polar surface area (TPSA) is 29.1 Å². The van der Waals surface area contributed by atoms with Crippen LogP contribution in [0.2, 0.25) is 0 Å². The number of rotatable bonds is 6. The van der Waals surface area contributed by atoms with Crippen molar-refractivity contribution in [2.45, 2.75) is 38.6 Å². The van der Waals surface area contributed by atoms with Crippen LogP contribution in [0.4, 0.5) is 0 Å². The minimum absolute atomic E-state index is 0.0574. The number of terminal acetylenes is 1. The molecule has 0 aliphatic heterocycles. The summed E-state index contributed by atoms with van der Waals surface area (Å²) in [7, 11) is 0. The van der Waals surface area contributed by atoms with Gasteiger partial charge in [-0.15, -0.1) is 18.9 Å². The summed E-state index contributed by atoms with van der Waals surface area (Å²) in [6.45, 7) is 5.57. The summed E-state index contributed by atoms with van der Waals surface area (Å²) < 4.78 is 0. The molecule has 2 heteroatoms. The molecular weight excluding hydrogens is 162 g/mol. The van der Waals surface area contributed by atoms with E-state index in [1.54, 1.807) is 6.08 Å². The summed E-state index contributed by atoms with van der Waals surface area (Å²) >= 11 is 0. The zero-order valence-corrected chi connectivity index (χ0v) is 8.18. The number of allylic oxidation sites excluding steroid dienone is 1. The van der Waals surface area contributed by atoms with Crippen molar-refractivity contribution in [1.29, 1.82) is 0 Å². The lowest BCUT2D eigenvalue weighted by Crippen LogP contribution is -2.33. The summed E-state index contributed by atoms with van der Waals surface area (Å²) in [6, 6.07) is 0.127. The van der Waals surface area contributed by atoms with Crippen molar-refractivity contribution in [2.75, 3.05) is 0 Å². The average molecular weight is 179 g/mol. The lowest BCUT2D eigenvalue weighted by Gasteiger charge is -2.13. The monoisotopic (exact) mass is 179 g/mol. The summed E-state index contributed by atoms with van der Waals surface area (Å²) in [5.74, 6) is 2.60. The molecule has 0 bridgehead atoms. The van der Waals surface area contributed by atoms with Crippen LogP contribution in [-0.4, -0.2) is 11.9 Å². The van der Waals surface area contributed by atoms with Crippen LogP contribution >= 0.6 is 0 Å². The second-order valence-corrected chi connectivity index (χ2v) is 2.91. The molecule has 13 heavy (non-hydrogen) atoms. The normalized spacial score (nSPS) is 11.4. The highest BCUT2D eigenvalue weighted by atomic mass is 16.1. The molecule has 72 valence electrons. The SMILES string of the molecule is C#CCC(CC)NC(=O)CCC=C. The van der Waals surface area contributed by atoms with E-state index >= 15 is 0 Å². The van der Waals surface area contributed by atoms with Gasteiger partial charge >= 0.3 is 0 Å². The lowest BCUT2D eigenvalue weighted by molar-refractivity contribution is -0.121. The third-order valence-electron chi connectivity index (χ3n) is 1.80. The summed E-state index contributed by atoms with van der Waals surface area (Å²) in [5, 5.41) is 2.87. The van der Waals surface area contributed by atoms with Crippen LogP contribution in [0.3, 0.4) is 0 Å². The summed E-state index contributed by atoms with van der Waals surface area (Å²) in [6.07, 6.45) is 9.61. The minimum Gasteiger partial charge on any atom is -0.352 e. The molecule has 0 aromatic rings. The molecule has 0 spiro atoms. The smallest absolute Gasteiger partial charge is 0.220 e. The van der Waals surface area contributed by atoms with Gasteiger partial charge in [-0.25, -0.2) is 0 Å². The van der Waals surface area contributed by atoms with Gasteiger partial charge < -0.3 is 5.32 Å². The van der Waals surface area contributed by atoms with Crippen molar-refractivity contribution in [3.63, 3.8) is 0 Å². The predicted molar refractivity (Wildman–Crippen MR) is 55.1 cm³/mol. The second kappa shape index (κ2) is 7.42. The van der Waals surface area contributed by atoms with Crippen LogP contribution in [0.1, 0.15) is 32.6 Å². The van der Waals surface area contributed by atoms with Crippen molar-refractivity contribution in [3.05, 3.63) is 12.7 Å². The zero-order chi connectivity index (χ0) is 10.1. The molecule has 0 aromatic carbocycles. The predicted octanol–water partition coefficient (Wildman–Crippen LogP) is 1.87. The number of carbonyl (C=O) groups is 1. The fourth-order valence-corrected chi connectivity index (χ4v) is 0.973. The molecule has 1 atom stereocenters. The van der Waals surface area contributed by atoms with E-state index in [-0.39, 0.29) is 11.9 Å². The van der Waals surface area contributed by atoms with Crippen LogP contribution < -0.4 is 5.32 Å². The Labute approximate surface area is 80.4 Å². The standard InChI is InChI=1S/C11H17NO/c1-4-7-9-11(13)12-10(6-3)8-5-2/h2,4,10H,1,6-9H2,3H3,(H,12,13). The van der Waals surface area contributed by atoms with Crippen LogP contribution in [0.25, 0.3) is 0 Å².